The third-order valence-electron chi connectivity index (χ3n) is 2.66. The number of hydrogen-bond donors (Lipinski definition) is 2. The second-order valence-corrected chi connectivity index (χ2v) is 4.42. The molecule has 0 atom stereocenters. The molecule has 0 unspecified atom stereocenters. The third kappa shape index (κ3) is 2.36. The highest BCUT2D eigenvalue weighted by molar-refractivity contribution is 6.29. The number of aromatic amines is 1. The number of amides is 1. The first-order chi connectivity index (χ1) is 8.49. The minimum atomic E-state index is -0.203. The first-order valence-corrected chi connectivity index (χ1v) is 5.83. The number of carbonyl (C=O) groups is 1. The summed E-state index contributed by atoms with van der Waals surface area (Å²) in [6, 6.07) is 3.37. The standard InChI is InChI=1S/C12H13ClN4O/c1-6-9(4-5-10(13)14-6)15-12(18)11-7(2)16-17-8(11)3/h4-5H,1-3H3,(H,15,18)(H,16,17). The quantitative estimate of drug-likeness (QED) is 0.819. The van der Waals surface area contributed by atoms with Crippen LogP contribution in [-0.4, -0.2) is 21.1 Å². The zero-order valence-corrected chi connectivity index (χ0v) is 11.1. The van der Waals surface area contributed by atoms with E-state index in [0.29, 0.717) is 27.8 Å². The number of pyridine rings is 1. The van der Waals surface area contributed by atoms with Gasteiger partial charge in [0.15, 0.2) is 0 Å². The molecule has 18 heavy (non-hydrogen) atoms. The molecule has 0 aliphatic heterocycles. The van der Waals surface area contributed by atoms with Crippen molar-refractivity contribution in [2.45, 2.75) is 20.8 Å². The zero-order chi connectivity index (χ0) is 13.3. The van der Waals surface area contributed by atoms with Crippen molar-refractivity contribution in [3.63, 3.8) is 0 Å². The molecule has 2 rings (SSSR count). The van der Waals surface area contributed by atoms with Gasteiger partial charge < -0.3 is 5.32 Å². The van der Waals surface area contributed by atoms with Crippen molar-refractivity contribution in [2.24, 2.45) is 0 Å². The van der Waals surface area contributed by atoms with Crippen molar-refractivity contribution >= 4 is 23.2 Å². The Morgan fingerprint density at radius 2 is 2.00 bits per heavy atom. The molecule has 94 valence electrons. The molecule has 2 aromatic rings. The molecular weight excluding hydrogens is 252 g/mol. The fraction of sp³-hybridized carbons (Fsp3) is 0.250. The monoisotopic (exact) mass is 264 g/mol. The van der Waals surface area contributed by atoms with E-state index in [9.17, 15) is 4.79 Å². The Labute approximate surface area is 110 Å². The highest BCUT2D eigenvalue weighted by Crippen LogP contribution is 2.18. The van der Waals surface area contributed by atoms with Crippen LogP contribution in [0.2, 0.25) is 5.15 Å². The van der Waals surface area contributed by atoms with Crippen LogP contribution >= 0.6 is 11.6 Å². The largest absolute Gasteiger partial charge is 0.320 e. The van der Waals surface area contributed by atoms with Crippen molar-refractivity contribution in [3.05, 3.63) is 39.9 Å². The van der Waals surface area contributed by atoms with E-state index in [2.05, 4.69) is 20.5 Å². The number of aryl methyl sites for hydroxylation is 3. The maximum atomic E-state index is 12.1. The molecule has 2 aromatic heterocycles. The second kappa shape index (κ2) is 4.78. The van der Waals surface area contributed by atoms with Gasteiger partial charge in [-0.3, -0.25) is 9.89 Å². The van der Waals surface area contributed by atoms with Crippen molar-refractivity contribution < 1.29 is 4.79 Å². The second-order valence-electron chi connectivity index (χ2n) is 4.03. The molecule has 0 fully saturated rings. The first-order valence-electron chi connectivity index (χ1n) is 5.45. The lowest BCUT2D eigenvalue weighted by Crippen LogP contribution is -2.14. The van der Waals surface area contributed by atoms with Gasteiger partial charge in [-0.05, 0) is 32.9 Å². The van der Waals surface area contributed by atoms with Crippen LogP contribution < -0.4 is 5.32 Å². The van der Waals surface area contributed by atoms with Crippen molar-refractivity contribution in [1.29, 1.82) is 0 Å². The number of halogens is 1. The minimum absolute atomic E-state index is 0.203. The van der Waals surface area contributed by atoms with E-state index in [0.717, 1.165) is 5.69 Å². The highest BCUT2D eigenvalue weighted by Gasteiger charge is 2.16. The molecule has 0 radical (unpaired) electrons. The van der Waals surface area contributed by atoms with E-state index in [1.165, 1.54) is 0 Å². The van der Waals surface area contributed by atoms with Gasteiger partial charge in [-0.15, -0.1) is 0 Å². The molecule has 0 saturated heterocycles. The Bertz CT molecular complexity index is 587. The van der Waals surface area contributed by atoms with Gasteiger partial charge in [0, 0.05) is 5.69 Å². The molecule has 2 N–H and O–H groups in total. The van der Waals surface area contributed by atoms with E-state index >= 15 is 0 Å². The topological polar surface area (TPSA) is 70.7 Å². The molecule has 0 saturated carbocycles. The number of aromatic nitrogens is 3. The van der Waals surface area contributed by atoms with Crippen LogP contribution in [0, 0.1) is 20.8 Å². The number of hydrogen-bond acceptors (Lipinski definition) is 3. The molecule has 0 aliphatic carbocycles. The lowest BCUT2D eigenvalue weighted by Gasteiger charge is -2.07. The average Bonchev–Trinajstić information content (AvgIpc) is 2.62. The van der Waals surface area contributed by atoms with Crippen LogP contribution in [0.5, 0.6) is 0 Å². The van der Waals surface area contributed by atoms with E-state index in [1.54, 1.807) is 26.0 Å². The number of carbonyl (C=O) groups excluding carboxylic acids is 1. The average molecular weight is 265 g/mol. The molecule has 2 heterocycles. The Morgan fingerprint density at radius 3 is 2.56 bits per heavy atom. The molecular formula is C12H13ClN4O. The summed E-state index contributed by atoms with van der Waals surface area (Å²) in [5.41, 5.74) is 3.29. The Morgan fingerprint density at radius 1 is 1.28 bits per heavy atom. The van der Waals surface area contributed by atoms with Crippen LogP contribution in [0.4, 0.5) is 5.69 Å². The van der Waals surface area contributed by atoms with Gasteiger partial charge in [-0.1, -0.05) is 11.6 Å². The smallest absolute Gasteiger partial charge is 0.259 e. The third-order valence-corrected chi connectivity index (χ3v) is 2.87. The molecule has 0 aliphatic rings. The van der Waals surface area contributed by atoms with Crippen LogP contribution in [0.3, 0.4) is 0 Å². The number of nitrogens with one attached hydrogen (secondary N) is 2. The van der Waals surface area contributed by atoms with Gasteiger partial charge in [0.1, 0.15) is 5.15 Å². The molecule has 6 heteroatoms. The zero-order valence-electron chi connectivity index (χ0n) is 10.3. The molecule has 0 aromatic carbocycles. The molecule has 1 amide bonds. The van der Waals surface area contributed by atoms with Gasteiger partial charge in [0.05, 0.1) is 22.6 Å². The van der Waals surface area contributed by atoms with Crippen molar-refractivity contribution in [1.82, 2.24) is 15.2 Å². The van der Waals surface area contributed by atoms with Crippen LogP contribution in [0.25, 0.3) is 0 Å². The van der Waals surface area contributed by atoms with E-state index in [1.807, 2.05) is 6.92 Å². The van der Waals surface area contributed by atoms with Gasteiger partial charge >= 0.3 is 0 Å². The number of H-pyrrole nitrogens is 1. The van der Waals surface area contributed by atoms with E-state index in [-0.39, 0.29) is 5.91 Å². The molecule has 0 bridgehead atoms. The lowest BCUT2D eigenvalue weighted by atomic mass is 10.2. The molecule has 5 nitrogen and oxygen atoms in total. The number of nitrogens with zero attached hydrogens (tertiary/aromatic N) is 2. The normalized spacial score (nSPS) is 10.4. The molecule has 0 spiro atoms. The fourth-order valence-electron chi connectivity index (χ4n) is 1.73. The summed E-state index contributed by atoms with van der Waals surface area (Å²) in [6.07, 6.45) is 0. The van der Waals surface area contributed by atoms with Crippen molar-refractivity contribution in [3.8, 4) is 0 Å². The highest BCUT2D eigenvalue weighted by atomic mass is 35.5. The summed E-state index contributed by atoms with van der Waals surface area (Å²) in [5, 5.41) is 9.98. The van der Waals surface area contributed by atoms with Crippen LogP contribution in [0.15, 0.2) is 12.1 Å². The summed E-state index contributed by atoms with van der Waals surface area (Å²) in [7, 11) is 0. The minimum Gasteiger partial charge on any atom is -0.320 e. The number of rotatable bonds is 2. The van der Waals surface area contributed by atoms with Gasteiger partial charge in [0.25, 0.3) is 5.91 Å². The first kappa shape index (κ1) is 12.6. The van der Waals surface area contributed by atoms with Crippen molar-refractivity contribution in [2.75, 3.05) is 5.32 Å². The Kier molecular flexibility index (Phi) is 3.34. The predicted octanol–water partition coefficient (Wildman–Crippen LogP) is 2.64. The fourth-order valence-corrected chi connectivity index (χ4v) is 1.92. The maximum Gasteiger partial charge on any atom is 0.259 e. The SMILES string of the molecule is Cc1nc(Cl)ccc1NC(=O)c1c(C)n[nH]c1C. The summed E-state index contributed by atoms with van der Waals surface area (Å²) >= 11 is 5.76. The summed E-state index contributed by atoms with van der Waals surface area (Å²) in [4.78, 5) is 16.2. The Balaban J connectivity index is 2.27. The van der Waals surface area contributed by atoms with Crippen LogP contribution in [0.1, 0.15) is 27.4 Å². The lowest BCUT2D eigenvalue weighted by molar-refractivity contribution is 0.102. The van der Waals surface area contributed by atoms with E-state index in [4.69, 9.17) is 11.6 Å². The summed E-state index contributed by atoms with van der Waals surface area (Å²) in [6.45, 7) is 5.38. The van der Waals surface area contributed by atoms with Gasteiger partial charge in [-0.2, -0.15) is 5.10 Å². The Hall–Kier alpha value is -1.88. The number of anilines is 1. The maximum absolute atomic E-state index is 12.1. The summed E-state index contributed by atoms with van der Waals surface area (Å²) < 4.78 is 0. The summed E-state index contributed by atoms with van der Waals surface area (Å²) in [5.74, 6) is -0.203. The van der Waals surface area contributed by atoms with Gasteiger partial charge in [-0.25, -0.2) is 4.98 Å². The van der Waals surface area contributed by atoms with E-state index < -0.39 is 0 Å². The van der Waals surface area contributed by atoms with Gasteiger partial charge in [0.2, 0.25) is 0 Å². The van der Waals surface area contributed by atoms with Crippen LogP contribution in [-0.2, 0) is 0 Å². The predicted molar refractivity (Wildman–Crippen MR) is 70.0 cm³/mol.